The lowest BCUT2D eigenvalue weighted by molar-refractivity contribution is -0.113. The van der Waals surface area contributed by atoms with Crippen LogP contribution in [0.1, 0.15) is 0 Å². The molecule has 0 aliphatic carbocycles. The maximum absolute atomic E-state index is 12.1. The summed E-state index contributed by atoms with van der Waals surface area (Å²) in [5.74, 6) is 0.553. The predicted octanol–water partition coefficient (Wildman–Crippen LogP) is 2.70. The van der Waals surface area contributed by atoms with E-state index < -0.39 is 0 Å². The Bertz CT molecular complexity index is 899. The molecule has 2 heterocycles. The molecule has 0 radical (unpaired) electrons. The van der Waals surface area contributed by atoms with Gasteiger partial charge in [-0.15, -0.1) is 10.2 Å². The van der Waals surface area contributed by atoms with Crippen LogP contribution in [0, 0.1) is 0 Å². The van der Waals surface area contributed by atoms with Gasteiger partial charge >= 0.3 is 0 Å². The number of ether oxygens (including phenoxy) is 1. The van der Waals surface area contributed by atoms with Crippen molar-refractivity contribution in [3.63, 3.8) is 0 Å². The fourth-order valence-corrected chi connectivity index (χ4v) is 3.03. The number of nitrogen functional groups attached to an aromatic ring is 1. The fraction of sp³-hybridized carbons (Fsp3) is 0.133. The van der Waals surface area contributed by atoms with Gasteiger partial charge in [-0.2, -0.15) is 0 Å². The molecular weight excluding hydrogens is 350 g/mol. The Kier molecular flexibility index (Phi) is 4.77. The molecule has 0 unspecified atom stereocenters. The zero-order valence-corrected chi connectivity index (χ0v) is 14.3. The number of aromatic nitrogens is 3. The molecule has 7 nitrogen and oxygen atoms in total. The summed E-state index contributed by atoms with van der Waals surface area (Å²) in [6.45, 7) is 0. The van der Waals surface area contributed by atoms with E-state index in [0.717, 1.165) is 0 Å². The van der Waals surface area contributed by atoms with E-state index in [1.165, 1.54) is 18.9 Å². The number of methoxy groups -OCH3 is 1. The van der Waals surface area contributed by atoms with Gasteiger partial charge in [0.1, 0.15) is 5.75 Å². The number of nitrogens with zero attached hydrogens (tertiary/aromatic N) is 3. The second-order valence-corrected chi connectivity index (χ2v) is 6.21. The lowest BCUT2D eigenvalue weighted by Gasteiger charge is -2.07. The van der Waals surface area contributed by atoms with Gasteiger partial charge in [0, 0.05) is 17.6 Å². The van der Waals surface area contributed by atoms with Crippen LogP contribution in [0.25, 0.3) is 5.65 Å². The van der Waals surface area contributed by atoms with Crippen LogP contribution < -0.4 is 15.8 Å². The molecule has 0 saturated heterocycles. The van der Waals surface area contributed by atoms with Crippen molar-refractivity contribution in [2.45, 2.75) is 5.16 Å². The van der Waals surface area contributed by atoms with Crippen molar-refractivity contribution >= 4 is 46.3 Å². The normalized spacial score (nSPS) is 10.8. The summed E-state index contributed by atoms with van der Waals surface area (Å²) in [4.78, 5) is 12.1. The molecule has 1 aromatic carbocycles. The Balaban J connectivity index is 1.64. The maximum Gasteiger partial charge on any atom is 0.234 e. The van der Waals surface area contributed by atoms with Crippen molar-refractivity contribution in [3.05, 3.63) is 41.6 Å². The molecule has 124 valence electrons. The van der Waals surface area contributed by atoms with Crippen molar-refractivity contribution in [2.75, 3.05) is 23.9 Å². The van der Waals surface area contributed by atoms with E-state index in [0.29, 0.717) is 33.0 Å². The van der Waals surface area contributed by atoms with Gasteiger partial charge < -0.3 is 15.8 Å². The number of pyridine rings is 1. The average molecular weight is 364 g/mol. The van der Waals surface area contributed by atoms with Gasteiger partial charge in [-0.3, -0.25) is 9.20 Å². The molecular formula is C15H14ClN5O2S. The highest BCUT2D eigenvalue weighted by Gasteiger charge is 2.10. The van der Waals surface area contributed by atoms with Gasteiger partial charge in [0.15, 0.2) is 10.8 Å². The molecule has 0 fully saturated rings. The Labute approximate surface area is 147 Å². The van der Waals surface area contributed by atoms with E-state index in [4.69, 9.17) is 22.1 Å². The zero-order valence-electron chi connectivity index (χ0n) is 12.7. The number of anilines is 2. The molecule has 0 aliphatic rings. The third-order valence-electron chi connectivity index (χ3n) is 3.16. The minimum atomic E-state index is -0.179. The molecule has 3 N–H and O–H groups in total. The van der Waals surface area contributed by atoms with Crippen LogP contribution in [0.3, 0.4) is 0 Å². The summed E-state index contributed by atoms with van der Waals surface area (Å²) in [5.41, 5.74) is 7.63. The third kappa shape index (κ3) is 3.55. The van der Waals surface area contributed by atoms with E-state index in [-0.39, 0.29) is 11.7 Å². The maximum atomic E-state index is 12.1. The molecule has 0 bridgehead atoms. The average Bonchev–Trinajstić information content (AvgIpc) is 2.95. The van der Waals surface area contributed by atoms with Gasteiger partial charge in [0.2, 0.25) is 5.91 Å². The van der Waals surface area contributed by atoms with E-state index in [1.807, 2.05) is 0 Å². The highest BCUT2D eigenvalue weighted by atomic mass is 35.5. The van der Waals surface area contributed by atoms with Crippen LogP contribution >= 0.6 is 23.4 Å². The molecule has 3 aromatic rings. The number of hydrogen-bond donors (Lipinski definition) is 2. The molecule has 0 spiro atoms. The first-order valence-corrected chi connectivity index (χ1v) is 8.29. The lowest BCUT2D eigenvalue weighted by Crippen LogP contribution is -2.14. The molecule has 0 saturated carbocycles. The van der Waals surface area contributed by atoms with Gasteiger partial charge in [0.05, 0.1) is 17.9 Å². The predicted molar refractivity (Wildman–Crippen MR) is 94.8 cm³/mol. The molecule has 3 rings (SSSR count). The number of amides is 1. The second kappa shape index (κ2) is 6.98. The van der Waals surface area contributed by atoms with Crippen molar-refractivity contribution < 1.29 is 9.53 Å². The number of benzene rings is 1. The summed E-state index contributed by atoms with van der Waals surface area (Å²) in [7, 11) is 1.53. The first kappa shape index (κ1) is 16.4. The van der Waals surface area contributed by atoms with Gasteiger partial charge in [-0.05, 0) is 30.3 Å². The summed E-state index contributed by atoms with van der Waals surface area (Å²) < 4.78 is 6.82. The number of carbonyl (C=O) groups is 1. The highest BCUT2D eigenvalue weighted by molar-refractivity contribution is 7.99. The Morgan fingerprint density at radius 1 is 1.38 bits per heavy atom. The molecule has 0 aliphatic heterocycles. The number of thioether (sulfide) groups is 1. The fourth-order valence-electron chi connectivity index (χ4n) is 2.06. The first-order valence-electron chi connectivity index (χ1n) is 6.93. The number of fused-ring (bicyclic) bond motifs is 1. The van der Waals surface area contributed by atoms with E-state index >= 15 is 0 Å². The van der Waals surface area contributed by atoms with Crippen molar-refractivity contribution in [2.24, 2.45) is 0 Å². The summed E-state index contributed by atoms with van der Waals surface area (Å²) in [5, 5.41) is 11.9. The number of hydrogen-bond acceptors (Lipinski definition) is 6. The van der Waals surface area contributed by atoms with Gasteiger partial charge in [-0.25, -0.2) is 0 Å². The zero-order chi connectivity index (χ0) is 17.1. The quantitative estimate of drug-likeness (QED) is 0.677. The summed E-state index contributed by atoms with van der Waals surface area (Å²) >= 11 is 7.31. The monoisotopic (exact) mass is 363 g/mol. The van der Waals surface area contributed by atoms with Crippen LogP contribution in [0.2, 0.25) is 5.02 Å². The summed E-state index contributed by atoms with van der Waals surface area (Å²) in [6.07, 6.45) is 1.72. The Morgan fingerprint density at radius 3 is 2.96 bits per heavy atom. The standard InChI is InChI=1S/C15H14ClN5O2S/c1-23-12-4-3-10(6-11(12)16)18-14(22)8-24-15-20-19-13-5-2-9(17)7-21(13)15/h2-7H,8,17H2,1H3,(H,18,22). The lowest BCUT2D eigenvalue weighted by atomic mass is 10.3. The van der Waals surface area contributed by atoms with Crippen molar-refractivity contribution in [3.8, 4) is 5.75 Å². The molecule has 9 heteroatoms. The highest BCUT2D eigenvalue weighted by Crippen LogP contribution is 2.27. The first-order chi connectivity index (χ1) is 11.6. The van der Waals surface area contributed by atoms with E-state index in [9.17, 15) is 4.79 Å². The van der Waals surface area contributed by atoms with Crippen LogP contribution in [-0.2, 0) is 4.79 Å². The van der Waals surface area contributed by atoms with Crippen LogP contribution in [0.15, 0.2) is 41.7 Å². The van der Waals surface area contributed by atoms with Gasteiger partial charge in [0.25, 0.3) is 0 Å². The van der Waals surface area contributed by atoms with Crippen molar-refractivity contribution in [1.29, 1.82) is 0 Å². The smallest absolute Gasteiger partial charge is 0.234 e. The third-order valence-corrected chi connectivity index (χ3v) is 4.40. The number of rotatable bonds is 5. The Morgan fingerprint density at radius 2 is 2.21 bits per heavy atom. The number of halogens is 1. The van der Waals surface area contributed by atoms with Crippen LogP contribution in [-0.4, -0.2) is 33.4 Å². The minimum absolute atomic E-state index is 0.179. The SMILES string of the molecule is COc1ccc(NC(=O)CSc2nnc3ccc(N)cn23)cc1Cl. The molecule has 1 amide bonds. The van der Waals surface area contributed by atoms with Gasteiger partial charge in [-0.1, -0.05) is 23.4 Å². The Hall–Kier alpha value is -2.45. The second-order valence-electron chi connectivity index (χ2n) is 4.86. The van der Waals surface area contributed by atoms with Crippen molar-refractivity contribution in [1.82, 2.24) is 14.6 Å². The van der Waals surface area contributed by atoms with E-state index in [2.05, 4.69) is 15.5 Å². The minimum Gasteiger partial charge on any atom is -0.495 e. The van der Waals surface area contributed by atoms with Crippen LogP contribution in [0.5, 0.6) is 5.75 Å². The molecule has 2 aromatic heterocycles. The number of carbonyl (C=O) groups excluding carboxylic acids is 1. The molecule has 24 heavy (non-hydrogen) atoms. The largest absolute Gasteiger partial charge is 0.495 e. The number of nitrogens with two attached hydrogens (primary N) is 1. The summed E-state index contributed by atoms with van der Waals surface area (Å²) in [6, 6.07) is 8.57. The van der Waals surface area contributed by atoms with Crippen LogP contribution in [0.4, 0.5) is 11.4 Å². The molecule has 0 atom stereocenters. The van der Waals surface area contributed by atoms with E-state index in [1.54, 1.807) is 40.9 Å². The number of nitrogens with one attached hydrogen (secondary N) is 1. The topological polar surface area (TPSA) is 94.5 Å².